The van der Waals surface area contributed by atoms with Gasteiger partial charge in [0.2, 0.25) is 5.76 Å². The van der Waals surface area contributed by atoms with Crippen molar-refractivity contribution < 1.29 is 23.5 Å². The van der Waals surface area contributed by atoms with Gasteiger partial charge in [0.25, 0.3) is 5.91 Å². The van der Waals surface area contributed by atoms with Crippen LogP contribution in [0.3, 0.4) is 0 Å². The summed E-state index contributed by atoms with van der Waals surface area (Å²) in [6, 6.07) is 20.7. The Labute approximate surface area is 249 Å². The minimum atomic E-state index is -0.907. The number of aromatic nitrogens is 1. The monoisotopic (exact) mass is 598 g/mol. The van der Waals surface area contributed by atoms with E-state index in [0.717, 1.165) is 16.9 Å². The molecule has 210 valence electrons. The molecule has 8 nitrogen and oxygen atoms in total. The van der Waals surface area contributed by atoms with E-state index >= 15 is 0 Å². The number of esters is 1. The maximum absolute atomic E-state index is 14.0. The third-order valence-corrected chi connectivity index (χ3v) is 8.14. The van der Waals surface area contributed by atoms with Gasteiger partial charge in [0, 0.05) is 5.02 Å². The topological polar surface area (TPSA) is 98.9 Å². The number of rotatable bonds is 8. The molecule has 6 rings (SSSR count). The first-order valence-corrected chi connectivity index (χ1v) is 14.2. The number of fused-ring (bicyclic) bond motifs is 2. The Balaban J connectivity index is 1.48. The van der Waals surface area contributed by atoms with E-state index in [1.165, 1.54) is 17.0 Å². The number of halogens is 1. The maximum Gasteiger partial charge on any atom is 0.350 e. The standard InChI is InChI=1S/C32H23ClN2O6S/c1-3-14-39-31(38)29-18(2)34-32(42-29)35-26(20-10-7-11-22(15-20)40-17-19-8-5-4-6-9-19)25-27(36)23-16-21(33)12-13-24(23)41-28(25)30(35)37/h3-13,15-16,26H,1,14,17H2,2H3. The molecule has 0 bridgehead atoms. The molecule has 1 amide bonds. The minimum Gasteiger partial charge on any atom is -0.489 e. The van der Waals surface area contributed by atoms with Gasteiger partial charge in [-0.25, -0.2) is 9.78 Å². The Morgan fingerprint density at radius 3 is 2.71 bits per heavy atom. The first kappa shape index (κ1) is 27.4. The summed E-state index contributed by atoms with van der Waals surface area (Å²) in [7, 11) is 0. The number of hydrogen-bond acceptors (Lipinski definition) is 8. The molecule has 10 heteroatoms. The highest BCUT2D eigenvalue weighted by Crippen LogP contribution is 2.44. The van der Waals surface area contributed by atoms with Gasteiger partial charge in [0.15, 0.2) is 10.6 Å². The van der Waals surface area contributed by atoms with Crippen molar-refractivity contribution in [3.8, 4) is 5.75 Å². The van der Waals surface area contributed by atoms with Gasteiger partial charge in [-0.2, -0.15) is 0 Å². The zero-order chi connectivity index (χ0) is 29.4. The first-order valence-electron chi connectivity index (χ1n) is 13.0. The lowest BCUT2D eigenvalue weighted by Gasteiger charge is -2.23. The molecule has 5 aromatic rings. The van der Waals surface area contributed by atoms with Crippen molar-refractivity contribution in [1.29, 1.82) is 0 Å². The number of anilines is 1. The Hall–Kier alpha value is -4.73. The van der Waals surface area contributed by atoms with Crippen LogP contribution in [0, 0.1) is 6.92 Å². The smallest absolute Gasteiger partial charge is 0.350 e. The van der Waals surface area contributed by atoms with Crippen LogP contribution in [0.2, 0.25) is 5.02 Å². The molecule has 0 saturated carbocycles. The van der Waals surface area contributed by atoms with Crippen molar-refractivity contribution in [3.05, 3.63) is 134 Å². The summed E-state index contributed by atoms with van der Waals surface area (Å²) < 4.78 is 17.3. The number of amides is 1. The van der Waals surface area contributed by atoms with E-state index in [-0.39, 0.29) is 44.3 Å². The molecular weight excluding hydrogens is 576 g/mol. The number of carbonyl (C=O) groups excluding carboxylic acids is 2. The fraction of sp³-hybridized carbons (Fsp3) is 0.125. The van der Waals surface area contributed by atoms with Gasteiger partial charge in [-0.05, 0) is 48.4 Å². The fourth-order valence-corrected chi connectivity index (χ4v) is 6.01. The number of aryl methyl sites for hydroxylation is 1. The van der Waals surface area contributed by atoms with Crippen LogP contribution in [0.5, 0.6) is 5.75 Å². The van der Waals surface area contributed by atoms with E-state index in [4.69, 9.17) is 25.5 Å². The van der Waals surface area contributed by atoms with Gasteiger partial charge in [0.1, 0.15) is 29.4 Å². The normalized spacial score (nSPS) is 14.2. The molecule has 1 aliphatic rings. The predicted molar refractivity (Wildman–Crippen MR) is 161 cm³/mol. The van der Waals surface area contributed by atoms with Gasteiger partial charge < -0.3 is 13.9 Å². The van der Waals surface area contributed by atoms with Crippen molar-refractivity contribution in [2.24, 2.45) is 0 Å². The molecule has 0 N–H and O–H groups in total. The molecule has 42 heavy (non-hydrogen) atoms. The van der Waals surface area contributed by atoms with E-state index < -0.39 is 17.9 Å². The van der Waals surface area contributed by atoms with Crippen LogP contribution in [0.25, 0.3) is 11.0 Å². The van der Waals surface area contributed by atoms with Gasteiger partial charge in [-0.15, -0.1) is 0 Å². The second-order valence-electron chi connectivity index (χ2n) is 9.54. The summed E-state index contributed by atoms with van der Waals surface area (Å²) in [5.74, 6) is -0.685. The maximum atomic E-state index is 14.0. The molecule has 1 unspecified atom stereocenters. The zero-order valence-corrected chi connectivity index (χ0v) is 23.9. The van der Waals surface area contributed by atoms with E-state index in [0.29, 0.717) is 28.6 Å². The van der Waals surface area contributed by atoms with Crippen LogP contribution < -0.4 is 15.1 Å². The number of hydrogen-bond donors (Lipinski definition) is 0. The van der Waals surface area contributed by atoms with Crippen LogP contribution in [-0.2, 0) is 11.3 Å². The van der Waals surface area contributed by atoms with Crippen LogP contribution in [0.1, 0.15) is 48.7 Å². The summed E-state index contributed by atoms with van der Waals surface area (Å²) >= 11 is 7.21. The molecule has 3 aromatic carbocycles. The minimum absolute atomic E-state index is 0.0333. The van der Waals surface area contributed by atoms with Crippen molar-refractivity contribution >= 4 is 50.9 Å². The number of thiazole rings is 1. The van der Waals surface area contributed by atoms with Crippen molar-refractivity contribution in [2.75, 3.05) is 11.5 Å². The molecule has 0 saturated heterocycles. The van der Waals surface area contributed by atoms with E-state index in [9.17, 15) is 14.4 Å². The Morgan fingerprint density at radius 2 is 1.93 bits per heavy atom. The molecule has 0 fully saturated rings. The van der Waals surface area contributed by atoms with Gasteiger partial charge in [-0.3, -0.25) is 14.5 Å². The third-order valence-electron chi connectivity index (χ3n) is 6.76. The number of benzene rings is 3. The lowest BCUT2D eigenvalue weighted by molar-refractivity contribution is 0.0554. The Kier molecular flexibility index (Phi) is 7.36. The molecular formula is C32H23ClN2O6S. The van der Waals surface area contributed by atoms with E-state index in [2.05, 4.69) is 11.6 Å². The SMILES string of the molecule is C=CCOC(=O)c1sc(N2C(=O)c3oc4ccc(Cl)cc4c(=O)c3C2c2cccc(OCc3ccccc3)c2)nc1C. The Bertz CT molecular complexity index is 1920. The third kappa shape index (κ3) is 4.97. The average molecular weight is 599 g/mol. The molecule has 0 radical (unpaired) electrons. The van der Waals surface area contributed by atoms with Crippen LogP contribution in [0.15, 0.2) is 94.7 Å². The summed E-state index contributed by atoms with van der Waals surface area (Å²) in [5, 5.41) is 0.833. The highest BCUT2D eigenvalue weighted by molar-refractivity contribution is 7.17. The molecule has 0 spiro atoms. The number of carbonyl (C=O) groups is 2. The number of ether oxygens (including phenoxy) is 2. The van der Waals surface area contributed by atoms with Crippen LogP contribution in [-0.4, -0.2) is 23.5 Å². The van der Waals surface area contributed by atoms with Crippen LogP contribution in [0.4, 0.5) is 5.13 Å². The van der Waals surface area contributed by atoms with Crippen molar-refractivity contribution in [1.82, 2.24) is 4.98 Å². The first-order chi connectivity index (χ1) is 20.4. The lowest BCUT2D eigenvalue weighted by Crippen LogP contribution is -2.29. The lowest BCUT2D eigenvalue weighted by atomic mass is 9.98. The molecule has 1 atom stereocenters. The fourth-order valence-electron chi connectivity index (χ4n) is 4.85. The summed E-state index contributed by atoms with van der Waals surface area (Å²) in [5.41, 5.74) is 1.99. The van der Waals surface area contributed by atoms with Gasteiger partial charge >= 0.3 is 5.97 Å². The number of nitrogens with zero attached hydrogens (tertiary/aromatic N) is 2. The largest absolute Gasteiger partial charge is 0.489 e. The van der Waals surface area contributed by atoms with Gasteiger partial charge in [-0.1, -0.05) is 78.1 Å². The van der Waals surface area contributed by atoms with Crippen molar-refractivity contribution in [2.45, 2.75) is 19.6 Å². The molecule has 1 aliphatic heterocycles. The average Bonchev–Trinajstić information content (AvgIpc) is 3.53. The summed E-state index contributed by atoms with van der Waals surface area (Å²) in [6.07, 6.45) is 1.47. The highest BCUT2D eigenvalue weighted by atomic mass is 35.5. The van der Waals surface area contributed by atoms with Gasteiger partial charge in [0.05, 0.1) is 22.7 Å². The van der Waals surface area contributed by atoms with Crippen molar-refractivity contribution in [3.63, 3.8) is 0 Å². The zero-order valence-electron chi connectivity index (χ0n) is 22.3. The molecule has 2 aromatic heterocycles. The second kappa shape index (κ2) is 11.3. The summed E-state index contributed by atoms with van der Waals surface area (Å²) in [6.45, 7) is 5.59. The Morgan fingerprint density at radius 1 is 1.12 bits per heavy atom. The van der Waals surface area contributed by atoms with E-state index in [1.54, 1.807) is 43.3 Å². The predicted octanol–water partition coefficient (Wildman–Crippen LogP) is 6.88. The quantitative estimate of drug-likeness (QED) is 0.142. The molecule has 3 heterocycles. The summed E-state index contributed by atoms with van der Waals surface area (Å²) in [4.78, 5) is 46.8. The highest BCUT2D eigenvalue weighted by Gasteiger charge is 2.45. The molecule has 0 aliphatic carbocycles. The van der Waals surface area contributed by atoms with E-state index in [1.807, 2.05) is 30.3 Å². The second-order valence-corrected chi connectivity index (χ2v) is 11.0. The van der Waals surface area contributed by atoms with Crippen LogP contribution >= 0.6 is 22.9 Å².